The van der Waals surface area contributed by atoms with Crippen LogP contribution in [-0.2, 0) is 20.1 Å². The van der Waals surface area contributed by atoms with E-state index in [2.05, 4.69) is 11.8 Å². The Morgan fingerprint density at radius 1 is 1.06 bits per heavy atom. The summed E-state index contributed by atoms with van der Waals surface area (Å²) in [5.41, 5.74) is 2.14. The van der Waals surface area contributed by atoms with E-state index in [1.165, 1.54) is 9.13 Å². The lowest BCUT2D eigenvalue weighted by Crippen LogP contribution is -2.40. The third-order valence-electron chi connectivity index (χ3n) is 6.30. The third-order valence-corrected chi connectivity index (χ3v) is 6.30. The van der Waals surface area contributed by atoms with Crippen LogP contribution in [0.15, 0.2) is 70.3 Å². The fourth-order valence-corrected chi connectivity index (χ4v) is 4.63. The first kappa shape index (κ1) is 22.7. The second-order valence-corrected chi connectivity index (χ2v) is 8.91. The summed E-state index contributed by atoms with van der Waals surface area (Å²) in [5, 5.41) is 0. The summed E-state index contributed by atoms with van der Waals surface area (Å²) >= 11 is 0. The van der Waals surface area contributed by atoms with Gasteiger partial charge in [-0.15, -0.1) is 0 Å². The minimum atomic E-state index is -0.378. The van der Waals surface area contributed by atoms with Crippen LogP contribution in [0.4, 0.5) is 11.6 Å². The predicted molar refractivity (Wildman–Crippen MR) is 138 cm³/mol. The number of fused-ring (bicyclic) bond motifs is 3. The van der Waals surface area contributed by atoms with Crippen molar-refractivity contribution in [3.05, 3.63) is 87.1 Å². The fourth-order valence-electron chi connectivity index (χ4n) is 4.63. The molecule has 2 aromatic carbocycles. The van der Waals surface area contributed by atoms with Gasteiger partial charge in [-0.05, 0) is 42.7 Å². The number of hydrogen-bond donors (Lipinski definition) is 0. The van der Waals surface area contributed by atoms with Crippen molar-refractivity contribution in [2.45, 2.75) is 26.9 Å². The minimum Gasteiger partial charge on any atom is -0.494 e. The molecule has 1 aliphatic heterocycles. The van der Waals surface area contributed by atoms with Crippen molar-refractivity contribution in [3.8, 4) is 5.75 Å². The molecule has 4 aromatic rings. The second kappa shape index (κ2) is 9.29. The van der Waals surface area contributed by atoms with Gasteiger partial charge in [-0.1, -0.05) is 49.4 Å². The van der Waals surface area contributed by atoms with E-state index < -0.39 is 0 Å². The van der Waals surface area contributed by atoms with Crippen LogP contribution in [0.1, 0.15) is 19.4 Å². The summed E-state index contributed by atoms with van der Waals surface area (Å²) in [4.78, 5) is 33.5. The Morgan fingerprint density at radius 2 is 1.80 bits per heavy atom. The van der Waals surface area contributed by atoms with Crippen molar-refractivity contribution in [1.29, 1.82) is 0 Å². The Kier molecular flexibility index (Phi) is 6.03. The molecule has 0 spiro atoms. The molecular weight excluding hydrogens is 442 g/mol. The molecule has 0 radical (unpaired) electrons. The monoisotopic (exact) mass is 471 g/mol. The lowest BCUT2D eigenvalue weighted by molar-refractivity contribution is 0.340. The van der Waals surface area contributed by atoms with Gasteiger partial charge in [-0.25, -0.2) is 4.79 Å². The van der Waals surface area contributed by atoms with E-state index in [1.54, 1.807) is 7.05 Å². The van der Waals surface area contributed by atoms with Gasteiger partial charge in [-0.3, -0.25) is 13.9 Å². The molecule has 1 atom stereocenters. The van der Waals surface area contributed by atoms with Gasteiger partial charge in [-0.2, -0.15) is 4.98 Å². The van der Waals surface area contributed by atoms with Crippen LogP contribution in [0.5, 0.6) is 5.75 Å². The van der Waals surface area contributed by atoms with Crippen molar-refractivity contribution >= 4 is 28.9 Å². The summed E-state index contributed by atoms with van der Waals surface area (Å²) < 4.78 is 10.3. The van der Waals surface area contributed by atoms with Crippen LogP contribution in [0.25, 0.3) is 17.2 Å². The first-order chi connectivity index (χ1) is 17.0. The molecule has 0 fully saturated rings. The molecule has 35 heavy (non-hydrogen) atoms. The van der Waals surface area contributed by atoms with Gasteiger partial charge in [0.05, 0.1) is 6.61 Å². The molecule has 8 heteroatoms. The van der Waals surface area contributed by atoms with E-state index in [-0.39, 0.29) is 23.7 Å². The third kappa shape index (κ3) is 4.16. The molecule has 2 aromatic heterocycles. The van der Waals surface area contributed by atoms with Gasteiger partial charge >= 0.3 is 5.69 Å². The van der Waals surface area contributed by atoms with E-state index in [4.69, 9.17) is 9.72 Å². The summed E-state index contributed by atoms with van der Waals surface area (Å²) in [6, 6.07) is 17.7. The van der Waals surface area contributed by atoms with E-state index in [9.17, 15) is 9.59 Å². The average molecular weight is 472 g/mol. The molecule has 180 valence electrons. The fraction of sp³-hybridized carbons (Fsp3) is 0.296. The van der Waals surface area contributed by atoms with Crippen LogP contribution >= 0.6 is 0 Å². The van der Waals surface area contributed by atoms with Gasteiger partial charge < -0.3 is 14.2 Å². The molecule has 3 heterocycles. The Hall–Kier alpha value is -4.07. The quantitative estimate of drug-likeness (QED) is 0.428. The molecule has 0 bridgehead atoms. The number of allylic oxidation sites excluding steroid dienone is 1. The van der Waals surface area contributed by atoms with Crippen molar-refractivity contribution < 1.29 is 4.74 Å². The Morgan fingerprint density at radius 3 is 2.51 bits per heavy atom. The molecule has 0 N–H and O–H groups in total. The normalized spacial score (nSPS) is 15.6. The number of ether oxygens (including phenoxy) is 1. The van der Waals surface area contributed by atoms with Gasteiger partial charge in [0.1, 0.15) is 5.75 Å². The Labute approximate surface area is 203 Å². The smallest absolute Gasteiger partial charge is 0.332 e. The van der Waals surface area contributed by atoms with Crippen molar-refractivity contribution in [2.75, 3.05) is 18.1 Å². The molecule has 0 saturated carbocycles. The number of anilines is 2. The molecule has 0 unspecified atom stereocenters. The largest absolute Gasteiger partial charge is 0.494 e. The number of benzene rings is 2. The standard InChI is InChI=1S/C27H29N5O3/c1-4-35-22-14-12-21(13-15-22)31-17-19(2)18-32-23-24(28-26(31)32)29(3)27(34)30(25(23)33)16-8-11-20-9-6-5-7-10-20/h5-15,19H,4,16-18H2,1-3H3/b11-8-/t19-/m1/s1. The van der Waals surface area contributed by atoms with Crippen LogP contribution in [0, 0.1) is 5.92 Å². The zero-order chi connectivity index (χ0) is 24.5. The average Bonchev–Trinajstić information content (AvgIpc) is 3.25. The highest BCUT2D eigenvalue weighted by molar-refractivity contribution is 5.77. The molecule has 1 aliphatic rings. The lowest BCUT2D eigenvalue weighted by atomic mass is 10.1. The number of rotatable bonds is 6. The van der Waals surface area contributed by atoms with Crippen molar-refractivity contribution in [3.63, 3.8) is 0 Å². The minimum absolute atomic E-state index is 0.189. The molecule has 0 saturated heterocycles. The topological polar surface area (TPSA) is 74.3 Å². The number of imidazole rings is 1. The van der Waals surface area contributed by atoms with E-state index >= 15 is 0 Å². The molecule has 0 amide bonds. The zero-order valence-electron chi connectivity index (χ0n) is 20.2. The van der Waals surface area contributed by atoms with Gasteiger partial charge in [0, 0.05) is 32.4 Å². The summed E-state index contributed by atoms with van der Waals surface area (Å²) in [5.74, 6) is 1.77. The van der Waals surface area contributed by atoms with Gasteiger partial charge in [0.25, 0.3) is 5.56 Å². The summed E-state index contributed by atoms with van der Waals surface area (Å²) in [7, 11) is 1.67. The summed E-state index contributed by atoms with van der Waals surface area (Å²) in [6.07, 6.45) is 3.75. The molecule has 0 aliphatic carbocycles. The highest BCUT2D eigenvalue weighted by Gasteiger charge is 2.29. The van der Waals surface area contributed by atoms with Gasteiger partial charge in [0.2, 0.25) is 5.95 Å². The first-order valence-electron chi connectivity index (χ1n) is 11.9. The second-order valence-electron chi connectivity index (χ2n) is 8.91. The van der Waals surface area contributed by atoms with Gasteiger partial charge in [0.15, 0.2) is 11.2 Å². The SMILES string of the molecule is CCOc1ccc(N2C[C@@H](C)Cn3c2nc2c3c(=O)n(C/C=C\c3ccccc3)c(=O)n2C)cc1. The lowest BCUT2D eigenvalue weighted by Gasteiger charge is -2.33. The van der Waals surface area contributed by atoms with E-state index in [1.807, 2.05) is 78.2 Å². The van der Waals surface area contributed by atoms with E-state index in [0.717, 1.165) is 23.5 Å². The van der Waals surface area contributed by atoms with Crippen LogP contribution in [0.2, 0.25) is 0 Å². The maximum atomic E-state index is 13.6. The van der Waals surface area contributed by atoms with E-state index in [0.29, 0.717) is 30.3 Å². The Balaban J connectivity index is 1.58. The van der Waals surface area contributed by atoms with Crippen molar-refractivity contribution in [1.82, 2.24) is 18.7 Å². The first-order valence-corrected chi connectivity index (χ1v) is 11.9. The van der Waals surface area contributed by atoms with Crippen LogP contribution < -0.4 is 20.9 Å². The summed E-state index contributed by atoms with van der Waals surface area (Å²) in [6.45, 7) is 6.33. The highest BCUT2D eigenvalue weighted by Crippen LogP contribution is 2.33. The van der Waals surface area contributed by atoms with Crippen LogP contribution in [0.3, 0.4) is 0 Å². The highest BCUT2D eigenvalue weighted by atomic mass is 16.5. The maximum Gasteiger partial charge on any atom is 0.332 e. The zero-order valence-corrected chi connectivity index (χ0v) is 20.2. The van der Waals surface area contributed by atoms with Crippen molar-refractivity contribution in [2.24, 2.45) is 13.0 Å². The molecule has 8 nitrogen and oxygen atoms in total. The predicted octanol–water partition coefficient (Wildman–Crippen LogP) is 3.80. The number of nitrogens with zero attached hydrogens (tertiary/aromatic N) is 5. The number of hydrogen-bond acceptors (Lipinski definition) is 5. The Bertz CT molecular complexity index is 1500. The molecule has 5 rings (SSSR count). The number of aromatic nitrogens is 4. The number of aryl methyl sites for hydroxylation is 1. The maximum absolute atomic E-state index is 13.6. The molecular formula is C27H29N5O3. The van der Waals surface area contributed by atoms with Crippen LogP contribution in [-0.4, -0.2) is 31.8 Å².